The molecule has 0 aliphatic heterocycles. The second-order valence-electron chi connectivity index (χ2n) is 16.2. The second kappa shape index (κ2) is 13.0. The highest BCUT2D eigenvalue weighted by molar-refractivity contribution is 5.77. The van der Waals surface area contributed by atoms with Gasteiger partial charge in [0.1, 0.15) is 11.9 Å². The Morgan fingerprint density at radius 2 is 1.78 bits per heavy atom. The number of hydrogen-bond donors (Lipinski definition) is 1. The second-order valence-corrected chi connectivity index (χ2v) is 16.2. The lowest BCUT2D eigenvalue weighted by Gasteiger charge is -2.61. The van der Waals surface area contributed by atoms with Crippen molar-refractivity contribution in [1.29, 1.82) is 0 Å². The monoisotopic (exact) mass is 619 g/mol. The van der Waals surface area contributed by atoms with E-state index in [4.69, 9.17) is 14.8 Å². The van der Waals surface area contributed by atoms with Crippen molar-refractivity contribution in [2.75, 3.05) is 20.6 Å². The molecule has 1 aromatic carbocycles. The molecule has 4 aliphatic rings. The summed E-state index contributed by atoms with van der Waals surface area (Å²) in [5, 5.41) is 8.93. The first-order valence-electron chi connectivity index (χ1n) is 18.0. The van der Waals surface area contributed by atoms with Crippen LogP contribution in [0.15, 0.2) is 24.3 Å². The SMILES string of the molecule is C[C@H](CCc1nc2ccccc2n1CCN(C)C)[C@H]1CC[C@H]2[C@@H]3CCC4C[C@H](OC(=O)CCC(=O)O)CC[C@]4(C)[C@H]3CC[C@]12C. The van der Waals surface area contributed by atoms with Gasteiger partial charge in [-0.15, -0.1) is 0 Å². The maximum atomic E-state index is 12.3. The number of carboxylic acid groups (broad SMARTS) is 1. The van der Waals surface area contributed by atoms with Gasteiger partial charge >= 0.3 is 11.9 Å². The minimum atomic E-state index is -0.939. The fourth-order valence-corrected chi connectivity index (χ4v) is 11.2. The van der Waals surface area contributed by atoms with Crippen LogP contribution in [0.3, 0.4) is 0 Å². The summed E-state index contributed by atoms with van der Waals surface area (Å²) >= 11 is 0. The first kappa shape index (κ1) is 32.5. The van der Waals surface area contributed by atoms with E-state index in [1.54, 1.807) is 0 Å². The van der Waals surface area contributed by atoms with Gasteiger partial charge in [0, 0.05) is 19.5 Å². The van der Waals surface area contributed by atoms with E-state index in [0.717, 1.165) is 68.0 Å². The van der Waals surface area contributed by atoms with E-state index in [1.165, 1.54) is 56.3 Å². The highest BCUT2D eigenvalue weighted by atomic mass is 16.5. The molecule has 0 amide bonds. The summed E-state index contributed by atoms with van der Waals surface area (Å²) in [4.78, 5) is 30.5. The molecule has 4 saturated carbocycles. The number of fused-ring (bicyclic) bond motifs is 6. The highest BCUT2D eigenvalue weighted by Gasteiger charge is 2.60. The van der Waals surface area contributed by atoms with Gasteiger partial charge in [0.15, 0.2) is 0 Å². The molecule has 0 spiro atoms. The van der Waals surface area contributed by atoms with Gasteiger partial charge in [-0.25, -0.2) is 4.98 Å². The average Bonchev–Trinajstić information content (AvgIpc) is 3.55. The lowest BCUT2D eigenvalue weighted by molar-refractivity contribution is -0.164. The fraction of sp³-hybridized carbons (Fsp3) is 0.763. The van der Waals surface area contributed by atoms with Crippen molar-refractivity contribution in [3.05, 3.63) is 30.1 Å². The maximum Gasteiger partial charge on any atom is 0.306 e. The summed E-state index contributed by atoms with van der Waals surface area (Å²) in [5.74, 6) is 4.50. The number of nitrogens with zero attached hydrogens (tertiary/aromatic N) is 3. The number of likely N-dealkylation sites (N-methyl/N-ethyl adjacent to an activating group) is 1. The molecule has 1 unspecified atom stereocenters. The van der Waals surface area contributed by atoms with Crippen LogP contribution in [0.1, 0.15) is 104 Å². The zero-order valence-corrected chi connectivity index (χ0v) is 28.5. The molecule has 4 fully saturated rings. The Morgan fingerprint density at radius 1 is 1.02 bits per heavy atom. The Morgan fingerprint density at radius 3 is 2.56 bits per heavy atom. The number of hydrogen-bond acceptors (Lipinski definition) is 5. The van der Waals surface area contributed by atoms with Gasteiger partial charge in [-0.3, -0.25) is 9.59 Å². The molecule has 45 heavy (non-hydrogen) atoms. The lowest BCUT2D eigenvalue weighted by Crippen LogP contribution is -2.54. The van der Waals surface area contributed by atoms with Crippen molar-refractivity contribution in [2.45, 2.75) is 117 Å². The van der Waals surface area contributed by atoms with Crippen LogP contribution >= 0.6 is 0 Å². The van der Waals surface area contributed by atoms with Crippen molar-refractivity contribution < 1.29 is 19.4 Å². The van der Waals surface area contributed by atoms with Gasteiger partial charge in [-0.2, -0.15) is 0 Å². The molecule has 1 heterocycles. The van der Waals surface area contributed by atoms with Gasteiger partial charge in [0.2, 0.25) is 0 Å². The number of aryl methyl sites for hydroxylation is 1. The molecule has 4 aliphatic carbocycles. The van der Waals surface area contributed by atoms with Crippen LogP contribution in [0.5, 0.6) is 0 Å². The normalized spacial score (nSPS) is 35.1. The van der Waals surface area contributed by atoms with Gasteiger partial charge in [0.25, 0.3) is 0 Å². The standard InChI is InChI=1S/C38H57N3O4/c1-25(10-15-34-39-32-8-6-7-9-33(32)41(34)23-22-40(4)5)29-13-14-30-28-12-11-26-24-27(45-36(44)17-16-35(42)43)18-20-37(26,2)31(28)19-21-38(29,30)3/h6-9,25-31H,10-24H2,1-5H3,(H,42,43)/t25-,26?,27-,28+,29-,30+,31+,37+,38-/m1/s1. The van der Waals surface area contributed by atoms with Crippen LogP contribution in [-0.4, -0.2) is 58.2 Å². The number of carbonyl (C=O) groups is 2. The first-order chi connectivity index (χ1) is 21.5. The molecule has 7 heteroatoms. The summed E-state index contributed by atoms with van der Waals surface area (Å²) in [6.45, 7) is 9.77. The molecule has 248 valence electrons. The van der Waals surface area contributed by atoms with Crippen molar-refractivity contribution in [3.8, 4) is 0 Å². The van der Waals surface area contributed by atoms with Crippen LogP contribution in [0.2, 0.25) is 0 Å². The molecule has 9 atom stereocenters. The van der Waals surface area contributed by atoms with Crippen LogP contribution in [-0.2, 0) is 27.3 Å². The third kappa shape index (κ3) is 6.32. The highest BCUT2D eigenvalue weighted by Crippen LogP contribution is 2.68. The van der Waals surface area contributed by atoms with Crippen LogP contribution < -0.4 is 0 Å². The number of aromatic nitrogens is 2. The van der Waals surface area contributed by atoms with Gasteiger partial charge in [-0.05, 0) is 137 Å². The summed E-state index contributed by atoms with van der Waals surface area (Å²) in [6, 6.07) is 8.62. The van der Waals surface area contributed by atoms with Crippen molar-refractivity contribution in [2.24, 2.45) is 46.3 Å². The largest absolute Gasteiger partial charge is 0.481 e. The summed E-state index contributed by atoms with van der Waals surface area (Å²) in [5.41, 5.74) is 3.16. The van der Waals surface area contributed by atoms with Crippen LogP contribution in [0, 0.1) is 46.3 Å². The molecule has 0 bridgehead atoms. The van der Waals surface area contributed by atoms with Gasteiger partial charge in [0.05, 0.1) is 23.9 Å². The third-order valence-corrected chi connectivity index (χ3v) is 13.5. The number of benzene rings is 1. The third-order valence-electron chi connectivity index (χ3n) is 13.5. The Hall–Kier alpha value is -2.41. The molecule has 2 aromatic rings. The summed E-state index contributed by atoms with van der Waals surface area (Å²) < 4.78 is 8.26. The molecule has 1 aromatic heterocycles. The van der Waals surface area contributed by atoms with E-state index in [0.29, 0.717) is 22.7 Å². The first-order valence-corrected chi connectivity index (χ1v) is 18.0. The number of ether oxygens (including phenoxy) is 1. The maximum absolute atomic E-state index is 12.3. The molecule has 6 rings (SSSR count). The smallest absolute Gasteiger partial charge is 0.306 e. The molecule has 0 radical (unpaired) electrons. The topological polar surface area (TPSA) is 84.7 Å². The Bertz CT molecular complexity index is 1370. The van der Waals surface area contributed by atoms with Gasteiger partial charge in [-0.1, -0.05) is 32.9 Å². The zero-order chi connectivity index (χ0) is 31.9. The zero-order valence-electron chi connectivity index (χ0n) is 28.5. The number of para-hydroxylation sites is 2. The average molecular weight is 620 g/mol. The van der Waals surface area contributed by atoms with Gasteiger partial charge < -0.3 is 19.3 Å². The Labute approximate surface area is 270 Å². The van der Waals surface area contributed by atoms with E-state index < -0.39 is 5.97 Å². The number of imidazole rings is 1. The minimum Gasteiger partial charge on any atom is -0.481 e. The molecule has 1 N–H and O–H groups in total. The predicted molar refractivity (Wildman–Crippen MR) is 178 cm³/mol. The summed E-state index contributed by atoms with van der Waals surface area (Å²) in [7, 11) is 4.30. The lowest BCUT2D eigenvalue weighted by atomic mass is 9.44. The minimum absolute atomic E-state index is 0.0191. The van der Waals surface area contributed by atoms with Crippen LogP contribution in [0.4, 0.5) is 0 Å². The van der Waals surface area contributed by atoms with Crippen molar-refractivity contribution >= 4 is 23.0 Å². The molecule has 0 saturated heterocycles. The molecular weight excluding hydrogens is 562 g/mol. The Balaban J connectivity index is 1.09. The quantitative estimate of drug-likeness (QED) is 0.261. The number of carbonyl (C=O) groups excluding carboxylic acids is 1. The van der Waals surface area contributed by atoms with Crippen molar-refractivity contribution in [3.63, 3.8) is 0 Å². The van der Waals surface area contributed by atoms with E-state index in [-0.39, 0.29) is 24.9 Å². The van der Waals surface area contributed by atoms with E-state index in [1.807, 2.05) is 0 Å². The van der Waals surface area contributed by atoms with E-state index in [2.05, 4.69) is 68.6 Å². The van der Waals surface area contributed by atoms with Crippen LogP contribution in [0.25, 0.3) is 11.0 Å². The number of rotatable bonds is 11. The Kier molecular flexibility index (Phi) is 9.40. The van der Waals surface area contributed by atoms with Crippen molar-refractivity contribution in [1.82, 2.24) is 14.5 Å². The number of esters is 1. The van der Waals surface area contributed by atoms with E-state index >= 15 is 0 Å². The fourth-order valence-electron chi connectivity index (χ4n) is 11.2. The number of aliphatic carboxylic acids is 1. The predicted octanol–water partition coefficient (Wildman–Crippen LogP) is 7.60. The van der Waals surface area contributed by atoms with E-state index in [9.17, 15) is 9.59 Å². The number of carboxylic acids is 1. The molecular formula is C38H57N3O4. The molecule has 7 nitrogen and oxygen atoms in total. The summed E-state index contributed by atoms with van der Waals surface area (Å²) in [6.07, 6.45) is 13.1.